The molecule has 0 saturated heterocycles. The molecule has 1 unspecified atom stereocenters. The van der Waals surface area contributed by atoms with E-state index in [0.29, 0.717) is 16.3 Å². The van der Waals surface area contributed by atoms with E-state index in [1.54, 1.807) is 38.1 Å². The Morgan fingerprint density at radius 3 is 2.77 bits per heavy atom. The van der Waals surface area contributed by atoms with Gasteiger partial charge in [-0.15, -0.1) is 0 Å². The van der Waals surface area contributed by atoms with E-state index in [4.69, 9.17) is 16.3 Å². The second kappa shape index (κ2) is 6.62. The van der Waals surface area contributed by atoms with Crippen LogP contribution in [0.4, 0.5) is 0 Å². The van der Waals surface area contributed by atoms with Crippen LogP contribution in [0.1, 0.15) is 25.3 Å². The Hall–Kier alpha value is -2.34. The summed E-state index contributed by atoms with van der Waals surface area (Å²) >= 11 is 5.98. The van der Waals surface area contributed by atoms with E-state index in [-0.39, 0.29) is 17.9 Å². The third-order valence-electron chi connectivity index (χ3n) is 3.21. The molecular formula is C15H15ClN2O4. The number of benzene rings is 1. The molecule has 1 aromatic rings. The first kappa shape index (κ1) is 16.0. The third-order valence-corrected chi connectivity index (χ3v) is 3.44. The quantitative estimate of drug-likeness (QED) is 0.830. The van der Waals surface area contributed by atoms with Crippen LogP contribution in [0.15, 0.2) is 40.6 Å². The number of esters is 1. The molecule has 0 amide bonds. The number of hydrazone groups is 1. The Morgan fingerprint density at radius 2 is 2.18 bits per heavy atom. The maximum absolute atomic E-state index is 12.2. The van der Waals surface area contributed by atoms with Gasteiger partial charge in [0.1, 0.15) is 0 Å². The molecule has 7 heteroatoms. The highest BCUT2D eigenvalue weighted by Gasteiger charge is 2.36. The molecule has 1 aliphatic heterocycles. The first-order chi connectivity index (χ1) is 10.5. The van der Waals surface area contributed by atoms with Gasteiger partial charge in [0.05, 0.1) is 18.1 Å². The van der Waals surface area contributed by atoms with Crippen LogP contribution in [0.3, 0.4) is 0 Å². The standard InChI is InChI=1S/C15H15ClN2O4/c1-3-22-15(21)11-8(2)17-18-13(14(19)20)12(11)9-5-4-6-10(16)7-9/h4-7,12,17H,3H2,1-2H3,(H,19,20). The smallest absolute Gasteiger partial charge is 0.353 e. The van der Waals surface area contributed by atoms with Crippen LogP contribution in [0, 0.1) is 0 Å². The minimum Gasteiger partial charge on any atom is -0.477 e. The number of nitrogens with one attached hydrogen (secondary N) is 1. The third kappa shape index (κ3) is 3.12. The number of hydrogen-bond donors (Lipinski definition) is 2. The average molecular weight is 323 g/mol. The van der Waals surface area contributed by atoms with E-state index >= 15 is 0 Å². The number of nitrogens with zero attached hydrogens (tertiary/aromatic N) is 1. The van der Waals surface area contributed by atoms with Crippen molar-refractivity contribution in [1.82, 2.24) is 5.43 Å². The van der Waals surface area contributed by atoms with E-state index in [2.05, 4.69) is 10.5 Å². The molecule has 0 radical (unpaired) electrons. The van der Waals surface area contributed by atoms with Gasteiger partial charge < -0.3 is 9.84 Å². The Morgan fingerprint density at radius 1 is 1.45 bits per heavy atom. The van der Waals surface area contributed by atoms with Crippen molar-refractivity contribution in [3.8, 4) is 0 Å². The van der Waals surface area contributed by atoms with Crippen LogP contribution < -0.4 is 5.43 Å². The fourth-order valence-electron chi connectivity index (χ4n) is 2.28. The van der Waals surface area contributed by atoms with Crippen molar-refractivity contribution < 1.29 is 19.4 Å². The van der Waals surface area contributed by atoms with Crippen LogP contribution in [0.2, 0.25) is 5.02 Å². The summed E-state index contributed by atoms with van der Waals surface area (Å²) < 4.78 is 5.04. The number of halogens is 1. The van der Waals surface area contributed by atoms with Crippen LogP contribution >= 0.6 is 11.6 Å². The number of hydrogen-bond acceptors (Lipinski definition) is 5. The monoisotopic (exact) mass is 322 g/mol. The lowest BCUT2D eigenvalue weighted by atomic mass is 9.85. The normalized spacial score (nSPS) is 17.6. The molecule has 2 N–H and O–H groups in total. The summed E-state index contributed by atoms with van der Waals surface area (Å²) in [7, 11) is 0. The summed E-state index contributed by atoms with van der Waals surface area (Å²) in [6, 6.07) is 6.68. The van der Waals surface area contributed by atoms with Crippen molar-refractivity contribution in [2.75, 3.05) is 6.61 Å². The van der Waals surface area contributed by atoms with Gasteiger partial charge in [-0.1, -0.05) is 23.7 Å². The molecule has 0 bridgehead atoms. The van der Waals surface area contributed by atoms with Crippen LogP contribution in [-0.4, -0.2) is 29.4 Å². The molecule has 0 aliphatic carbocycles. The zero-order valence-electron chi connectivity index (χ0n) is 12.1. The van der Waals surface area contributed by atoms with Crippen molar-refractivity contribution in [2.24, 2.45) is 5.10 Å². The van der Waals surface area contributed by atoms with Gasteiger partial charge in [-0.3, -0.25) is 5.43 Å². The summed E-state index contributed by atoms with van der Waals surface area (Å²) in [6.07, 6.45) is 0. The molecular weight excluding hydrogens is 308 g/mol. The molecule has 0 aromatic heterocycles. The SMILES string of the molecule is CCOC(=O)C1=C(C)NN=C(C(=O)O)C1c1cccc(Cl)c1. The highest BCUT2D eigenvalue weighted by molar-refractivity contribution is 6.40. The molecule has 1 atom stereocenters. The maximum atomic E-state index is 12.2. The molecule has 6 nitrogen and oxygen atoms in total. The number of rotatable bonds is 4. The summed E-state index contributed by atoms with van der Waals surface area (Å²) in [6.45, 7) is 3.52. The van der Waals surface area contributed by atoms with Crippen molar-refractivity contribution >= 4 is 29.3 Å². The number of ether oxygens (including phenoxy) is 1. The lowest BCUT2D eigenvalue weighted by molar-refractivity contribution is -0.138. The van der Waals surface area contributed by atoms with Gasteiger partial charge in [-0.05, 0) is 31.5 Å². The lowest BCUT2D eigenvalue weighted by Crippen LogP contribution is -2.35. The zero-order chi connectivity index (χ0) is 16.3. The van der Waals surface area contributed by atoms with Crippen LogP contribution in [-0.2, 0) is 14.3 Å². The van der Waals surface area contributed by atoms with E-state index in [0.717, 1.165) is 0 Å². The Balaban J connectivity index is 2.57. The second-order valence-electron chi connectivity index (χ2n) is 4.66. The first-order valence-corrected chi connectivity index (χ1v) is 7.03. The van der Waals surface area contributed by atoms with Gasteiger partial charge in [0.2, 0.25) is 0 Å². The van der Waals surface area contributed by atoms with Crippen molar-refractivity contribution in [2.45, 2.75) is 19.8 Å². The van der Waals surface area contributed by atoms with Gasteiger partial charge >= 0.3 is 11.9 Å². The van der Waals surface area contributed by atoms with Gasteiger partial charge in [0.15, 0.2) is 5.71 Å². The number of allylic oxidation sites excluding steroid dienone is 1. The first-order valence-electron chi connectivity index (χ1n) is 6.66. The van der Waals surface area contributed by atoms with Crippen LogP contribution in [0.5, 0.6) is 0 Å². The Labute approximate surface area is 132 Å². The number of carboxylic acid groups (broad SMARTS) is 1. The van der Waals surface area contributed by atoms with E-state index in [1.165, 1.54) is 0 Å². The zero-order valence-corrected chi connectivity index (χ0v) is 12.8. The molecule has 1 aliphatic rings. The minimum absolute atomic E-state index is 0.184. The Bertz CT molecular complexity index is 682. The number of carboxylic acids is 1. The largest absolute Gasteiger partial charge is 0.477 e. The van der Waals surface area contributed by atoms with E-state index < -0.39 is 17.9 Å². The summed E-state index contributed by atoms with van der Waals surface area (Å²) in [5, 5.41) is 13.7. The van der Waals surface area contributed by atoms with Crippen molar-refractivity contribution in [1.29, 1.82) is 0 Å². The molecule has 0 fully saturated rings. The molecule has 0 spiro atoms. The summed E-state index contributed by atoms with van der Waals surface area (Å²) in [5.41, 5.74) is 3.62. The highest BCUT2D eigenvalue weighted by Crippen LogP contribution is 2.32. The van der Waals surface area contributed by atoms with Gasteiger partial charge in [-0.2, -0.15) is 5.10 Å². The number of carbonyl (C=O) groups is 2. The van der Waals surface area contributed by atoms with E-state index in [1.807, 2.05) is 0 Å². The maximum Gasteiger partial charge on any atom is 0.353 e. The topological polar surface area (TPSA) is 88.0 Å². The average Bonchev–Trinajstić information content (AvgIpc) is 2.46. The summed E-state index contributed by atoms with van der Waals surface area (Å²) in [5.74, 6) is -2.63. The van der Waals surface area contributed by atoms with Gasteiger partial charge in [-0.25, -0.2) is 9.59 Å². The molecule has 22 heavy (non-hydrogen) atoms. The van der Waals surface area contributed by atoms with Crippen LogP contribution in [0.25, 0.3) is 0 Å². The van der Waals surface area contributed by atoms with Crippen molar-refractivity contribution in [3.05, 3.63) is 46.1 Å². The predicted molar refractivity (Wildman–Crippen MR) is 81.7 cm³/mol. The molecule has 116 valence electrons. The molecule has 1 aromatic carbocycles. The van der Waals surface area contributed by atoms with E-state index in [9.17, 15) is 14.7 Å². The Kier molecular flexibility index (Phi) is 4.82. The van der Waals surface area contributed by atoms with Gasteiger partial charge in [0, 0.05) is 10.7 Å². The van der Waals surface area contributed by atoms with Crippen molar-refractivity contribution in [3.63, 3.8) is 0 Å². The van der Waals surface area contributed by atoms with Gasteiger partial charge in [0.25, 0.3) is 0 Å². The number of carbonyl (C=O) groups excluding carboxylic acids is 1. The second-order valence-corrected chi connectivity index (χ2v) is 5.10. The fraction of sp³-hybridized carbons (Fsp3) is 0.267. The molecule has 1 heterocycles. The number of aliphatic carboxylic acids is 1. The fourth-order valence-corrected chi connectivity index (χ4v) is 2.48. The highest BCUT2D eigenvalue weighted by atomic mass is 35.5. The summed E-state index contributed by atoms with van der Waals surface area (Å²) in [4.78, 5) is 23.7. The molecule has 2 rings (SSSR count). The minimum atomic E-state index is -1.22. The molecule has 0 saturated carbocycles. The predicted octanol–water partition coefficient (Wildman–Crippen LogP) is 2.30. The lowest BCUT2D eigenvalue weighted by Gasteiger charge is -2.25.